The van der Waals surface area contributed by atoms with E-state index in [0.717, 1.165) is 5.56 Å². The van der Waals surface area contributed by atoms with Gasteiger partial charge in [-0.3, -0.25) is 0 Å². The molecule has 0 amide bonds. The second-order valence-corrected chi connectivity index (χ2v) is 11.8. The highest BCUT2D eigenvalue weighted by atomic mass is 32.2. The van der Waals surface area contributed by atoms with Gasteiger partial charge < -0.3 is 5.11 Å². The SMILES string of the molecule is CCC(C)c1cc(C(C)CC)c(O)c(C(SCCC(F)(F)C(F)(F)C(F)(F)C(F)(F)C(F)(F)C(F)(F)F)c2ccccc2)c1. The van der Waals surface area contributed by atoms with Crippen LogP contribution in [0.25, 0.3) is 0 Å². The van der Waals surface area contributed by atoms with E-state index < -0.39 is 53.2 Å². The summed E-state index contributed by atoms with van der Waals surface area (Å²) >= 11 is 0.435. The number of thioether (sulfide) groups is 1. The summed E-state index contributed by atoms with van der Waals surface area (Å²) in [6.45, 7) is 7.41. The molecule has 2 rings (SSSR count). The largest absolute Gasteiger partial charge is 0.507 e. The average Bonchev–Trinajstić information content (AvgIpc) is 2.94. The van der Waals surface area contributed by atoms with E-state index in [1.807, 2.05) is 27.7 Å². The first-order valence-electron chi connectivity index (χ1n) is 13.4. The second-order valence-electron chi connectivity index (χ2n) is 10.6. The molecular formula is C29H31F13OS. The smallest absolute Gasteiger partial charge is 0.460 e. The lowest BCUT2D eigenvalue weighted by molar-refractivity contribution is -0.439. The maximum Gasteiger partial charge on any atom is 0.460 e. The van der Waals surface area contributed by atoms with Crippen LogP contribution in [-0.2, 0) is 0 Å². The summed E-state index contributed by atoms with van der Waals surface area (Å²) in [4.78, 5) is 0. The molecule has 1 N–H and O–H groups in total. The first-order valence-corrected chi connectivity index (χ1v) is 14.5. The lowest BCUT2D eigenvalue weighted by Gasteiger charge is -2.39. The van der Waals surface area contributed by atoms with Crippen LogP contribution in [0.1, 0.15) is 86.3 Å². The van der Waals surface area contributed by atoms with Crippen LogP contribution < -0.4 is 0 Å². The molecule has 3 unspecified atom stereocenters. The van der Waals surface area contributed by atoms with Crippen molar-refractivity contribution < 1.29 is 62.2 Å². The predicted octanol–water partition coefficient (Wildman–Crippen LogP) is 11.4. The number of rotatable bonds is 14. The van der Waals surface area contributed by atoms with Crippen molar-refractivity contribution in [2.75, 3.05) is 5.75 Å². The molecule has 0 aliphatic heterocycles. The highest BCUT2D eigenvalue weighted by Gasteiger charge is 2.90. The maximum atomic E-state index is 14.5. The topological polar surface area (TPSA) is 20.2 Å². The first kappa shape index (κ1) is 37.9. The van der Waals surface area contributed by atoms with Gasteiger partial charge in [0, 0.05) is 17.7 Å². The summed E-state index contributed by atoms with van der Waals surface area (Å²) in [7, 11) is 0. The van der Waals surface area contributed by atoms with Gasteiger partial charge in [0.05, 0.1) is 5.25 Å². The fourth-order valence-electron chi connectivity index (χ4n) is 4.28. The molecule has 250 valence electrons. The highest BCUT2D eigenvalue weighted by molar-refractivity contribution is 7.99. The number of phenols is 1. The molecule has 1 nitrogen and oxygen atoms in total. The first-order chi connectivity index (χ1) is 19.9. The van der Waals surface area contributed by atoms with Gasteiger partial charge in [0.2, 0.25) is 0 Å². The van der Waals surface area contributed by atoms with E-state index >= 15 is 0 Å². The maximum absolute atomic E-state index is 14.5. The Hall–Kier alpha value is -2.32. The summed E-state index contributed by atoms with van der Waals surface area (Å²) < 4.78 is 176. The van der Waals surface area contributed by atoms with Crippen LogP contribution in [-0.4, -0.2) is 46.6 Å². The normalized spacial score (nSPS) is 16.1. The zero-order chi connectivity index (χ0) is 34.1. The third-order valence-corrected chi connectivity index (χ3v) is 8.90. The molecule has 0 saturated carbocycles. The van der Waals surface area contributed by atoms with Crippen LogP contribution in [0, 0.1) is 0 Å². The highest BCUT2D eigenvalue weighted by Crippen LogP contribution is 2.61. The van der Waals surface area contributed by atoms with Crippen LogP contribution in [0.2, 0.25) is 0 Å². The Morgan fingerprint density at radius 2 is 1.11 bits per heavy atom. The Morgan fingerprint density at radius 3 is 1.59 bits per heavy atom. The van der Waals surface area contributed by atoms with E-state index in [0.29, 0.717) is 35.7 Å². The lowest BCUT2D eigenvalue weighted by Crippen LogP contribution is -2.70. The third-order valence-electron chi connectivity index (χ3n) is 7.60. The van der Waals surface area contributed by atoms with Crippen LogP contribution in [0.15, 0.2) is 42.5 Å². The second kappa shape index (κ2) is 13.2. The summed E-state index contributed by atoms with van der Waals surface area (Å²) in [6, 6.07) is 11.0. The summed E-state index contributed by atoms with van der Waals surface area (Å²) in [5.41, 5.74) is 1.74. The van der Waals surface area contributed by atoms with Gasteiger partial charge in [-0.2, -0.15) is 57.1 Å². The zero-order valence-electron chi connectivity index (χ0n) is 23.9. The van der Waals surface area contributed by atoms with E-state index in [-0.39, 0.29) is 23.1 Å². The van der Waals surface area contributed by atoms with Crippen molar-refractivity contribution in [1.29, 1.82) is 0 Å². The zero-order valence-corrected chi connectivity index (χ0v) is 24.7. The monoisotopic (exact) mass is 674 g/mol. The molecule has 15 heteroatoms. The summed E-state index contributed by atoms with van der Waals surface area (Å²) in [6.07, 6.45) is -8.54. The van der Waals surface area contributed by atoms with Crippen LogP contribution >= 0.6 is 11.8 Å². The summed E-state index contributed by atoms with van der Waals surface area (Å²) in [5, 5.41) is 10.1. The van der Waals surface area contributed by atoms with Crippen molar-refractivity contribution in [3.05, 3.63) is 64.7 Å². The Balaban J connectivity index is 2.53. The van der Waals surface area contributed by atoms with Crippen molar-refractivity contribution in [3.8, 4) is 5.75 Å². The number of halogens is 13. The van der Waals surface area contributed by atoms with Gasteiger partial charge in [-0.25, -0.2) is 0 Å². The Labute approximate surface area is 250 Å². The van der Waals surface area contributed by atoms with Crippen LogP contribution in [0.5, 0.6) is 5.75 Å². The number of hydrogen-bond acceptors (Lipinski definition) is 2. The molecule has 0 saturated heterocycles. The van der Waals surface area contributed by atoms with Crippen molar-refractivity contribution in [2.45, 2.75) is 99.8 Å². The Morgan fingerprint density at radius 1 is 0.636 bits per heavy atom. The van der Waals surface area contributed by atoms with E-state index in [2.05, 4.69) is 0 Å². The molecule has 0 aliphatic carbocycles. The Bertz CT molecular complexity index is 1250. The molecule has 3 atom stereocenters. The number of benzene rings is 2. The minimum atomic E-state index is -7.93. The fraction of sp³-hybridized carbons (Fsp3) is 0.586. The quantitative estimate of drug-likeness (QED) is 0.201. The molecule has 2 aromatic carbocycles. The number of aromatic hydroxyl groups is 1. The molecule has 44 heavy (non-hydrogen) atoms. The fourth-order valence-corrected chi connectivity index (χ4v) is 5.60. The number of phenolic OH excluding ortho intramolecular Hbond substituents is 1. The Kier molecular flexibility index (Phi) is 11.4. The van der Waals surface area contributed by atoms with Crippen molar-refractivity contribution >= 4 is 11.8 Å². The molecule has 0 aliphatic rings. The standard InChI is InChI=1S/C29H31F13OS/c1-5-16(3)19-14-20(17(4)6-2)22(43)21(15-19)23(18-10-8-7-9-11-18)44-13-12-24(30,31)25(32,33)26(34,35)27(36,37)28(38,39)29(40,41)42/h7-11,14-17,23,43H,5-6,12-13H2,1-4H3. The molecule has 0 heterocycles. The van der Waals surface area contributed by atoms with Crippen molar-refractivity contribution in [3.63, 3.8) is 0 Å². The number of alkyl halides is 13. The summed E-state index contributed by atoms with van der Waals surface area (Å²) in [5.74, 6) is -38.7. The molecular weight excluding hydrogens is 643 g/mol. The van der Waals surface area contributed by atoms with Gasteiger partial charge in [-0.15, -0.1) is 11.8 Å². The minimum absolute atomic E-state index is 0.0552. The molecule has 0 radical (unpaired) electrons. The number of hydrogen-bond donors (Lipinski definition) is 1. The van der Waals surface area contributed by atoms with Crippen molar-refractivity contribution in [1.82, 2.24) is 0 Å². The molecule has 2 aromatic rings. The lowest BCUT2D eigenvalue weighted by atomic mass is 9.87. The molecule has 0 fully saturated rings. The van der Waals surface area contributed by atoms with Gasteiger partial charge in [-0.05, 0) is 41.4 Å². The van der Waals surface area contributed by atoms with Gasteiger partial charge in [0.15, 0.2) is 0 Å². The van der Waals surface area contributed by atoms with E-state index in [9.17, 15) is 62.2 Å². The van der Waals surface area contributed by atoms with E-state index in [1.165, 1.54) is 24.3 Å². The van der Waals surface area contributed by atoms with Gasteiger partial charge in [0.1, 0.15) is 5.75 Å². The third kappa shape index (κ3) is 6.76. The minimum Gasteiger partial charge on any atom is -0.507 e. The molecule has 0 aromatic heterocycles. The van der Waals surface area contributed by atoms with E-state index in [1.54, 1.807) is 18.2 Å². The van der Waals surface area contributed by atoms with Crippen LogP contribution in [0.4, 0.5) is 57.1 Å². The molecule has 0 spiro atoms. The van der Waals surface area contributed by atoms with Gasteiger partial charge in [-0.1, -0.05) is 70.2 Å². The van der Waals surface area contributed by atoms with Gasteiger partial charge in [0.25, 0.3) is 0 Å². The molecule has 0 bridgehead atoms. The predicted molar refractivity (Wildman–Crippen MR) is 142 cm³/mol. The van der Waals surface area contributed by atoms with Crippen molar-refractivity contribution in [2.24, 2.45) is 0 Å². The van der Waals surface area contributed by atoms with E-state index in [4.69, 9.17) is 0 Å². The average molecular weight is 675 g/mol. The van der Waals surface area contributed by atoms with Gasteiger partial charge >= 0.3 is 35.8 Å². The van der Waals surface area contributed by atoms with Crippen LogP contribution in [0.3, 0.4) is 0 Å².